The van der Waals surface area contributed by atoms with Crippen molar-refractivity contribution in [2.75, 3.05) is 18.4 Å². The maximum absolute atomic E-state index is 11.1. The molecule has 2 atom stereocenters. The normalized spacial score (nSPS) is 26.2. The molecule has 0 bridgehead atoms. The highest BCUT2D eigenvalue weighted by Gasteiger charge is 2.36. The lowest BCUT2D eigenvalue weighted by atomic mass is 9.99. The summed E-state index contributed by atoms with van der Waals surface area (Å²) in [6, 6.07) is 5.04. The summed E-state index contributed by atoms with van der Waals surface area (Å²) in [5.74, 6) is -0.0760. The van der Waals surface area contributed by atoms with E-state index in [0.29, 0.717) is 11.7 Å². The number of hydrogen-bond donors (Lipinski definition) is 2. The molecule has 6 nitrogen and oxygen atoms in total. The number of aromatic hydroxyl groups is 1. The summed E-state index contributed by atoms with van der Waals surface area (Å²) in [5, 5.41) is 23.8. The first-order chi connectivity index (χ1) is 9.65. The van der Waals surface area contributed by atoms with Crippen molar-refractivity contribution in [1.29, 1.82) is 0 Å². The Morgan fingerprint density at radius 1 is 1.30 bits per heavy atom. The van der Waals surface area contributed by atoms with E-state index < -0.39 is 4.92 Å². The first-order valence-corrected chi connectivity index (χ1v) is 7.13. The maximum atomic E-state index is 11.1. The van der Waals surface area contributed by atoms with E-state index in [-0.39, 0.29) is 17.5 Å². The molecule has 0 radical (unpaired) electrons. The highest BCUT2D eigenvalue weighted by Crippen LogP contribution is 2.33. The van der Waals surface area contributed by atoms with Crippen LogP contribution in [0, 0.1) is 10.1 Å². The number of hydrogen-bond acceptors (Lipinski definition) is 5. The molecule has 6 heteroatoms. The second kappa shape index (κ2) is 5.28. The lowest BCUT2D eigenvalue weighted by Crippen LogP contribution is -2.41. The van der Waals surface area contributed by atoms with Gasteiger partial charge in [0.05, 0.1) is 11.0 Å². The molecule has 2 aliphatic heterocycles. The van der Waals surface area contributed by atoms with Crippen LogP contribution in [0.1, 0.15) is 25.7 Å². The van der Waals surface area contributed by atoms with Crippen molar-refractivity contribution in [3.63, 3.8) is 0 Å². The molecule has 0 aromatic heterocycles. The van der Waals surface area contributed by atoms with Crippen molar-refractivity contribution >= 4 is 11.4 Å². The van der Waals surface area contributed by atoms with Crippen LogP contribution in [-0.2, 0) is 0 Å². The van der Waals surface area contributed by atoms with Crippen LogP contribution in [0.5, 0.6) is 5.75 Å². The van der Waals surface area contributed by atoms with Crippen molar-refractivity contribution < 1.29 is 10.0 Å². The Labute approximate surface area is 117 Å². The molecule has 1 aromatic carbocycles. The van der Waals surface area contributed by atoms with Crippen LogP contribution in [0.25, 0.3) is 0 Å². The molecule has 1 aromatic rings. The van der Waals surface area contributed by atoms with Gasteiger partial charge in [0.2, 0.25) is 0 Å². The summed E-state index contributed by atoms with van der Waals surface area (Å²) in [5.41, 5.74) is 0.449. The molecule has 3 rings (SSSR count). The molecule has 0 saturated carbocycles. The number of nitrogens with one attached hydrogen (secondary N) is 1. The fourth-order valence-corrected chi connectivity index (χ4v) is 3.41. The molecule has 20 heavy (non-hydrogen) atoms. The number of anilines is 1. The van der Waals surface area contributed by atoms with Gasteiger partial charge < -0.3 is 10.4 Å². The predicted molar refractivity (Wildman–Crippen MR) is 76.0 cm³/mol. The van der Waals surface area contributed by atoms with Crippen molar-refractivity contribution in [2.24, 2.45) is 0 Å². The zero-order chi connectivity index (χ0) is 14.1. The van der Waals surface area contributed by atoms with E-state index in [4.69, 9.17) is 0 Å². The number of piperidine rings is 1. The molecular formula is C14H19N3O3. The van der Waals surface area contributed by atoms with E-state index in [1.807, 2.05) is 0 Å². The zero-order valence-electron chi connectivity index (χ0n) is 11.3. The molecule has 0 amide bonds. The van der Waals surface area contributed by atoms with Crippen LogP contribution in [0.3, 0.4) is 0 Å². The van der Waals surface area contributed by atoms with Gasteiger partial charge in [-0.05, 0) is 37.9 Å². The topological polar surface area (TPSA) is 78.6 Å². The van der Waals surface area contributed by atoms with Crippen LogP contribution in [0.2, 0.25) is 0 Å². The van der Waals surface area contributed by atoms with E-state index in [1.54, 1.807) is 6.07 Å². The zero-order valence-corrected chi connectivity index (χ0v) is 11.3. The largest absolute Gasteiger partial charge is 0.508 e. The Bertz CT molecular complexity index is 520. The first kappa shape index (κ1) is 13.2. The number of fused-ring (bicyclic) bond motifs is 1. The molecule has 108 valence electrons. The van der Waals surface area contributed by atoms with Crippen LogP contribution >= 0.6 is 0 Å². The second-order valence-corrected chi connectivity index (χ2v) is 5.60. The minimum atomic E-state index is -0.449. The van der Waals surface area contributed by atoms with Crippen LogP contribution in [0.15, 0.2) is 18.2 Å². The highest BCUT2D eigenvalue weighted by atomic mass is 16.6. The molecule has 2 heterocycles. The molecule has 0 spiro atoms. The Hall–Kier alpha value is -1.82. The van der Waals surface area contributed by atoms with Gasteiger partial charge in [-0.2, -0.15) is 0 Å². The number of benzene rings is 1. The third kappa shape index (κ3) is 2.43. The van der Waals surface area contributed by atoms with Gasteiger partial charge in [0.1, 0.15) is 11.4 Å². The summed E-state index contributed by atoms with van der Waals surface area (Å²) in [6.45, 7) is 2.20. The van der Waals surface area contributed by atoms with Gasteiger partial charge in [-0.3, -0.25) is 15.0 Å². The number of phenols is 1. The summed E-state index contributed by atoms with van der Waals surface area (Å²) in [7, 11) is 0. The minimum Gasteiger partial charge on any atom is -0.508 e. The Morgan fingerprint density at radius 2 is 2.15 bits per heavy atom. The summed E-state index contributed by atoms with van der Waals surface area (Å²) < 4.78 is 0. The van der Waals surface area contributed by atoms with Crippen LogP contribution < -0.4 is 5.32 Å². The standard InChI is InChI=1S/C14H19N3O3/c18-10-4-5-11(14(9-10)17(19)20)15-12-6-8-16-7-2-1-3-13(12)16/h4-5,9,12-13,15,18H,1-3,6-8H2. The van der Waals surface area contributed by atoms with Crippen molar-refractivity contribution in [3.8, 4) is 5.75 Å². The summed E-state index contributed by atoms with van der Waals surface area (Å²) in [6.07, 6.45) is 4.66. The van der Waals surface area contributed by atoms with Gasteiger partial charge in [0.25, 0.3) is 5.69 Å². The lowest BCUT2D eigenvalue weighted by Gasteiger charge is -2.32. The van der Waals surface area contributed by atoms with E-state index in [1.165, 1.54) is 25.0 Å². The minimum absolute atomic E-state index is 0.0562. The van der Waals surface area contributed by atoms with E-state index in [0.717, 1.165) is 25.9 Å². The Kier molecular flexibility index (Phi) is 3.48. The second-order valence-electron chi connectivity index (χ2n) is 5.60. The van der Waals surface area contributed by atoms with E-state index in [9.17, 15) is 15.2 Å². The third-order valence-corrected chi connectivity index (χ3v) is 4.37. The lowest BCUT2D eigenvalue weighted by molar-refractivity contribution is -0.384. The average Bonchev–Trinajstić information content (AvgIpc) is 2.84. The smallest absolute Gasteiger partial charge is 0.296 e. The van der Waals surface area contributed by atoms with Gasteiger partial charge in [-0.1, -0.05) is 6.42 Å². The molecule has 2 saturated heterocycles. The number of nitro benzene ring substituents is 1. The van der Waals surface area contributed by atoms with Gasteiger partial charge in [-0.15, -0.1) is 0 Å². The Morgan fingerprint density at radius 3 is 2.95 bits per heavy atom. The molecular weight excluding hydrogens is 258 g/mol. The number of rotatable bonds is 3. The van der Waals surface area contributed by atoms with E-state index in [2.05, 4.69) is 10.2 Å². The summed E-state index contributed by atoms with van der Waals surface area (Å²) in [4.78, 5) is 13.1. The fourth-order valence-electron chi connectivity index (χ4n) is 3.41. The van der Waals surface area contributed by atoms with Crippen molar-refractivity contribution in [3.05, 3.63) is 28.3 Å². The molecule has 2 aliphatic rings. The van der Waals surface area contributed by atoms with Crippen LogP contribution in [-0.4, -0.2) is 40.1 Å². The first-order valence-electron chi connectivity index (χ1n) is 7.13. The fraction of sp³-hybridized carbons (Fsp3) is 0.571. The Balaban J connectivity index is 1.79. The van der Waals surface area contributed by atoms with Gasteiger partial charge in [-0.25, -0.2) is 0 Å². The molecule has 2 N–H and O–H groups in total. The van der Waals surface area contributed by atoms with Gasteiger partial charge in [0.15, 0.2) is 0 Å². The van der Waals surface area contributed by atoms with Crippen LogP contribution in [0.4, 0.5) is 11.4 Å². The number of nitrogens with zero attached hydrogens (tertiary/aromatic N) is 2. The molecule has 2 fully saturated rings. The maximum Gasteiger partial charge on any atom is 0.296 e. The van der Waals surface area contributed by atoms with E-state index >= 15 is 0 Å². The SMILES string of the molecule is O=[N+]([O-])c1cc(O)ccc1NC1CCN2CCCCC12. The average molecular weight is 277 g/mol. The van der Waals surface area contributed by atoms with Crippen molar-refractivity contribution in [1.82, 2.24) is 4.90 Å². The quantitative estimate of drug-likeness (QED) is 0.503. The van der Waals surface area contributed by atoms with Crippen molar-refractivity contribution in [2.45, 2.75) is 37.8 Å². The molecule has 2 unspecified atom stereocenters. The molecule has 0 aliphatic carbocycles. The number of nitro groups is 1. The summed E-state index contributed by atoms with van der Waals surface area (Å²) >= 11 is 0. The third-order valence-electron chi connectivity index (χ3n) is 4.37. The van der Waals surface area contributed by atoms with Gasteiger partial charge in [0, 0.05) is 18.6 Å². The van der Waals surface area contributed by atoms with Gasteiger partial charge >= 0.3 is 0 Å². The predicted octanol–water partition coefficient (Wildman–Crippen LogP) is 2.34. The monoisotopic (exact) mass is 277 g/mol. The highest BCUT2D eigenvalue weighted by molar-refractivity contribution is 5.64. The number of phenolic OH excluding ortho intramolecular Hbond substituents is 1.